The van der Waals surface area contributed by atoms with Crippen LogP contribution in [-0.2, 0) is 0 Å². The fraction of sp³-hybridized carbons (Fsp3) is 0.208. The predicted molar refractivity (Wildman–Crippen MR) is 119 cm³/mol. The Balaban J connectivity index is 1.64. The molecule has 32 heavy (non-hydrogen) atoms. The van der Waals surface area contributed by atoms with Crippen molar-refractivity contribution in [2.75, 3.05) is 6.61 Å². The first kappa shape index (κ1) is 21.5. The van der Waals surface area contributed by atoms with Crippen LogP contribution < -0.4 is 10.9 Å². The highest BCUT2D eigenvalue weighted by Crippen LogP contribution is 2.21. The number of carbonyl (C=O) groups is 1. The van der Waals surface area contributed by atoms with Crippen LogP contribution in [0, 0.1) is 19.7 Å². The van der Waals surface area contributed by atoms with E-state index in [0.29, 0.717) is 11.3 Å². The van der Waals surface area contributed by atoms with E-state index in [0.717, 1.165) is 16.7 Å². The van der Waals surface area contributed by atoms with Gasteiger partial charge in [0.2, 0.25) is 0 Å². The zero-order chi connectivity index (χ0) is 22.8. The van der Waals surface area contributed by atoms with Crippen LogP contribution in [0.3, 0.4) is 0 Å². The average Bonchev–Trinajstić information content (AvgIpc) is 3.21. The third-order valence-electron chi connectivity index (χ3n) is 5.51. The van der Waals surface area contributed by atoms with E-state index in [1.807, 2.05) is 32.0 Å². The molecule has 0 fully saturated rings. The molecule has 4 rings (SSSR count). The van der Waals surface area contributed by atoms with E-state index in [2.05, 4.69) is 15.4 Å². The van der Waals surface area contributed by atoms with Crippen LogP contribution in [-0.4, -0.2) is 32.2 Å². The summed E-state index contributed by atoms with van der Waals surface area (Å²) in [6.45, 7) is 3.85. The molecular formula is C24H23FN4O3. The van der Waals surface area contributed by atoms with Gasteiger partial charge < -0.3 is 15.4 Å². The number of carbonyl (C=O) groups excluding carboxylic acids is 1. The zero-order valence-electron chi connectivity index (χ0n) is 17.7. The molecule has 0 aliphatic heterocycles. The van der Waals surface area contributed by atoms with Gasteiger partial charge in [0, 0.05) is 12.7 Å². The Morgan fingerprint density at radius 2 is 1.91 bits per heavy atom. The molecule has 0 saturated carbocycles. The number of aliphatic hydroxyl groups is 1. The first-order valence-electron chi connectivity index (χ1n) is 10.2. The van der Waals surface area contributed by atoms with Gasteiger partial charge in [0.05, 0.1) is 17.9 Å². The molecule has 2 aromatic heterocycles. The number of hydrogen-bond donors (Lipinski definition) is 3. The molecule has 2 aromatic carbocycles. The lowest BCUT2D eigenvalue weighted by Gasteiger charge is -2.17. The number of fused-ring (bicyclic) bond motifs is 1. The summed E-state index contributed by atoms with van der Waals surface area (Å²) in [4.78, 5) is 28.3. The summed E-state index contributed by atoms with van der Waals surface area (Å²) < 4.78 is 14.6. The number of aliphatic hydroxyl groups excluding tert-OH is 1. The monoisotopic (exact) mass is 434 g/mol. The van der Waals surface area contributed by atoms with E-state index >= 15 is 0 Å². The van der Waals surface area contributed by atoms with E-state index in [9.17, 15) is 19.1 Å². The Morgan fingerprint density at radius 3 is 2.59 bits per heavy atom. The molecule has 0 saturated heterocycles. The molecule has 0 bridgehead atoms. The van der Waals surface area contributed by atoms with E-state index in [-0.39, 0.29) is 35.6 Å². The highest BCUT2D eigenvalue weighted by atomic mass is 19.1. The van der Waals surface area contributed by atoms with Crippen molar-refractivity contribution in [1.29, 1.82) is 0 Å². The topological polar surface area (TPSA) is 99.5 Å². The van der Waals surface area contributed by atoms with Crippen molar-refractivity contribution in [3.05, 3.63) is 93.3 Å². The molecule has 0 unspecified atom stereocenters. The van der Waals surface area contributed by atoms with Gasteiger partial charge in [0.1, 0.15) is 11.3 Å². The number of nitrogens with one attached hydrogen (secondary N) is 2. The molecule has 164 valence electrons. The SMILES string of the molecule is Cc1ccc(-c2cn3nc(C(=O)N[C@@H](CCO)c4ccc(F)cc4)cc3c(=O)[nH]2)cc1C. The van der Waals surface area contributed by atoms with Gasteiger partial charge in [-0.1, -0.05) is 24.3 Å². The lowest BCUT2D eigenvalue weighted by atomic mass is 10.0. The number of nitrogens with zero attached hydrogens (tertiary/aromatic N) is 2. The average molecular weight is 434 g/mol. The Bertz CT molecular complexity index is 1340. The van der Waals surface area contributed by atoms with Crippen molar-refractivity contribution in [2.45, 2.75) is 26.3 Å². The third-order valence-corrected chi connectivity index (χ3v) is 5.51. The van der Waals surface area contributed by atoms with Gasteiger partial charge in [-0.25, -0.2) is 8.91 Å². The largest absolute Gasteiger partial charge is 0.396 e. The molecule has 0 radical (unpaired) electrons. The van der Waals surface area contributed by atoms with Crippen molar-refractivity contribution in [2.24, 2.45) is 0 Å². The number of benzene rings is 2. The van der Waals surface area contributed by atoms with E-state index < -0.39 is 11.9 Å². The summed E-state index contributed by atoms with van der Waals surface area (Å²) in [5.74, 6) is -0.884. The Kier molecular flexibility index (Phi) is 5.87. The van der Waals surface area contributed by atoms with Crippen molar-refractivity contribution >= 4 is 11.4 Å². The maximum absolute atomic E-state index is 13.2. The quantitative estimate of drug-likeness (QED) is 0.434. The van der Waals surface area contributed by atoms with Gasteiger partial charge >= 0.3 is 0 Å². The highest BCUT2D eigenvalue weighted by molar-refractivity contribution is 5.93. The first-order valence-corrected chi connectivity index (χ1v) is 10.2. The standard InChI is InChI=1S/C24H23FN4O3/c1-14-3-4-17(11-15(14)2)21-13-29-22(24(32)27-21)12-20(28-29)23(31)26-19(9-10-30)16-5-7-18(25)8-6-16/h3-8,11-13,19,30H,9-10H2,1-2H3,(H,26,31)(H,27,32)/t19-/m0/s1. The lowest BCUT2D eigenvalue weighted by Crippen LogP contribution is -2.29. The second-order valence-electron chi connectivity index (χ2n) is 7.75. The highest BCUT2D eigenvalue weighted by Gasteiger charge is 2.19. The number of halogens is 1. The zero-order valence-corrected chi connectivity index (χ0v) is 17.7. The van der Waals surface area contributed by atoms with Gasteiger partial charge in [-0.3, -0.25) is 9.59 Å². The molecule has 2 heterocycles. The summed E-state index contributed by atoms with van der Waals surface area (Å²) in [6.07, 6.45) is 1.92. The minimum atomic E-state index is -0.526. The minimum absolute atomic E-state index is 0.0674. The summed E-state index contributed by atoms with van der Waals surface area (Å²) in [6, 6.07) is 12.5. The van der Waals surface area contributed by atoms with Gasteiger partial charge in [0.15, 0.2) is 5.69 Å². The third kappa shape index (κ3) is 4.31. The van der Waals surface area contributed by atoms with E-state index in [1.54, 1.807) is 18.3 Å². The number of amides is 1. The van der Waals surface area contributed by atoms with Crippen LogP contribution in [0.5, 0.6) is 0 Å². The van der Waals surface area contributed by atoms with Crippen LogP contribution in [0.1, 0.15) is 39.6 Å². The molecule has 4 aromatic rings. The van der Waals surface area contributed by atoms with Gasteiger partial charge in [-0.05, 0) is 60.7 Å². The number of hydrogen-bond acceptors (Lipinski definition) is 4. The van der Waals surface area contributed by atoms with Gasteiger partial charge in [-0.15, -0.1) is 0 Å². The van der Waals surface area contributed by atoms with Gasteiger partial charge in [0.25, 0.3) is 11.5 Å². The Labute approximate surface area is 183 Å². The summed E-state index contributed by atoms with van der Waals surface area (Å²) in [7, 11) is 0. The molecule has 8 heteroatoms. The number of rotatable bonds is 6. The minimum Gasteiger partial charge on any atom is -0.396 e. The van der Waals surface area contributed by atoms with E-state index in [4.69, 9.17) is 0 Å². The van der Waals surface area contributed by atoms with Crippen LogP contribution in [0.25, 0.3) is 16.8 Å². The molecule has 1 atom stereocenters. The fourth-order valence-corrected chi connectivity index (χ4v) is 3.55. The second kappa shape index (κ2) is 8.76. The summed E-state index contributed by atoms with van der Waals surface area (Å²) >= 11 is 0. The first-order chi connectivity index (χ1) is 15.4. The van der Waals surface area contributed by atoms with Crippen LogP contribution in [0.2, 0.25) is 0 Å². The Hall–Kier alpha value is -3.78. The number of H-pyrrole nitrogens is 1. The number of aromatic amines is 1. The molecule has 0 aliphatic carbocycles. The molecule has 1 amide bonds. The smallest absolute Gasteiger partial charge is 0.274 e. The fourth-order valence-electron chi connectivity index (χ4n) is 3.55. The summed E-state index contributed by atoms with van der Waals surface area (Å²) in [5, 5.41) is 16.5. The van der Waals surface area contributed by atoms with Gasteiger partial charge in [-0.2, -0.15) is 5.10 Å². The summed E-state index contributed by atoms with van der Waals surface area (Å²) in [5.41, 5.74) is 4.28. The number of aryl methyl sites for hydroxylation is 2. The molecule has 7 nitrogen and oxygen atoms in total. The normalized spacial score (nSPS) is 12.1. The number of aromatic nitrogens is 3. The Morgan fingerprint density at radius 1 is 1.16 bits per heavy atom. The molecule has 0 aliphatic rings. The molecule has 0 spiro atoms. The van der Waals surface area contributed by atoms with Crippen molar-refractivity contribution < 1.29 is 14.3 Å². The molecular weight excluding hydrogens is 411 g/mol. The van der Waals surface area contributed by atoms with Crippen LogP contribution in [0.4, 0.5) is 4.39 Å². The maximum atomic E-state index is 13.2. The van der Waals surface area contributed by atoms with Crippen molar-refractivity contribution in [1.82, 2.24) is 19.9 Å². The van der Waals surface area contributed by atoms with Crippen molar-refractivity contribution in [3.63, 3.8) is 0 Å². The van der Waals surface area contributed by atoms with Crippen LogP contribution >= 0.6 is 0 Å². The van der Waals surface area contributed by atoms with E-state index in [1.165, 1.54) is 22.7 Å². The molecule has 3 N–H and O–H groups in total. The lowest BCUT2D eigenvalue weighted by molar-refractivity contribution is 0.0924. The predicted octanol–water partition coefficient (Wildman–Crippen LogP) is 3.30. The maximum Gasteiger partial charge on any atom is 0.274 e. The second-order valence-corrected chi connectivity index (χ2v) is 7.75. The van der Waals surface area contributed by atoms with Crippen LogP contribution in [0.15, 0.2) is 59.5 Å². The van der Waals surface area contributed by atoms with Crippen molar-refractivity contribution in [3.8, 4) is 11.3 Å².